The quantitative estimate of drug-likeness (QED) is 0.773. The highest BCUT2D eigenvalue weighted by molar-refractivity contribution is 5.99. The summed E-state index contributed by atoms with van der Waals surface area (Å²) in [5.41, 5.74) is 2.28. The molecule has 0 radical (unpaired) electrons. The van der Waals surface area contributed by atoms with E-state index in [2.05, 4.69) is 15.8 Å². The van der Waals surface area contributed by atoms with Gasteiger partial charge in [0.2, 0.25) is 0 Å². The Hall–Kier alpha value is -3.05. The Bertz CT molecular complexity index is 891. The summed E-state index contributed by atoms with van der Waals surface area (Å²) in [7, 11) is 0. The number of hydroxylamine groups is 1. The van der Waals surface area contributed by atoms with Crippen LogP contribution in [0.4, 0.5) is 20.3 Å². The fourth-order valence-electron chi connectivity index (χ4n) is 2.25. The van der Waals surface area contributed by atoms with Gasteiger partial charge in [0.25, 0.3) is 5.91 Å². The van der Waals surface area contributed by atoms with Crippen LogP contribution in [0.25, 0.3) is 0 Å². The molecule has 8 heteroatoms. The van der Waals surface area contributed by atoms with Crippen molar-refractivity contribution in [3.8, 4) is 6.07 Å². The van der Waals surface area contributed by atoms with E-state index in [9.17, 15) is 13.6 Å². The van der Waals surface area contributed by atoms with Crippen LogP contribution in [0.1, 0.15) is 34.5 Å². The number of nitrogens with one attached hydrogen (secondary N) is 2. The second-order valence-electron chi connectivity index (χ2n) is 6.12. The van der Waals surface area contributed by atoms with Crippen molar-refractivity contribution >= 4 is 17.4 Å². The molecule has 2 N–H and O–H groups in total. The average molecular weight is 358 g/mol. The molecule has 0 atom stereocenters. The second kappa shape index (κ2) is 7.45. The first kappa shape index (κ1) is 17.8. The van der Waals surface area contributed by atoms with E-state index < -0.39 is 23.2 Å². The lowest BCUT2D eigenvalue weighted by atomic mass is 10.2. The number of carbonyl (C=O) groups is 1. The molecule has 1 aliphatic carbocycles. The van der Waals surface area contributed by atoms with E-state index in [-0.39, 0.29) is 17.1 Å². The first-order valence-electron chi connectivity index (χ1n) is 8.04. The molecule has 0 saturated heterocycles. The number of halogens is 2. The summed E-state index contributed by atoms with van der Waals surface area (Å²) in [6, 6.07) is 6.90. The third kappa shape index (κ3) is 4.13. The van der Waals surface area contributed by atoms with Gasteiger partial charge in [-0.15, -0.1) is 0 Å². The predicted octanol–water partition coefficient (Wildman–Crippen LogP) is 3.35. The molecule has 6 nitrogen and oxygen atoms in total. The molecule has 1 aromatic heterocycles. The van der Waals surface area contributed by atoms with Gasteiger partial charge in [0.05, 0.1) is 17.9 Å². The number of nitriles is 1. The number of nitrogens with zero attached hydrogens (tertiary/aromatic N) is 2. The Morgan fingerprint density at radius 1 is 1.35 bits per heavy atom. The third-order valence-corrected chi connectivity index (χ3v) is 3.89. The number of rotatable bonds is 6. The zero-order chi connectivity index (χ0) is 18.7. The third-order valence-electron chi connectivity index (χ3n) is 3.89. The van der Waals surface area contributed by atoms with Crippen LogP contribution < -0.4 is 10.8 Å². The Labute approximate surface area is 148 Å². The standard InChI is InChI=1S/C18H16F2N4O2/c1-10-2-5-15(13(19)6-10)22-17-12(7-14(20)16(8-21)23-17)18(25)24-26-9-11-3-4-11/h2,5-7,11H,3-4,9H2,1H3,(H,22,23)(H,24,25). The number of aryl methyl sites for hydroxylation is 1. The molecule has 1 heterocycles. The van der Waals surface area contributed by atoms with Crippen LogP contribution in [-0.4, -0.2) is 17.5 Å². The average Bonchev–Trinajstić information content (AvgIpc) is 3.42. The number of pyridine rings is 1. The molecule has 1 amide bonds. The van der Waals surface area contributed by atoms with Gasteiger partial charge in [0.1, 0.15) is 17.7 Å². The fourth-order valence-corrected chi connectivity index (χ4v) is 2.25. The van der Waals surface area contributed by atoms with E-state index >= 15 is 0 Å². The van der Waals surface area contributed by atoms with Gasteiger partial charge < -0.3 is 5.32 Å². The van der Waals surface area contributed by atoms with Crippen LogP contribution in [0, 0.1) is 35.8 Å². The summed E-state index contributed by atoms with van der Waals surface area (Å²) in [6.45, 7) is 2.10. The van der Waals surface area contributed by atoms with Gasteiger partial charge in [0, 0.05) is 0 Å². The van der Waals surface area contributed by atoms with Crippen LogP contribution in [-0.2, 0) is 4.84 Å². The lowest BCUT2D eigenvalue weighted by Crippen LogP contribution is -2.26. The van der Waals surface area contributed by atoms with Gasteiger partial charge in [-0.2, -0.15) is 5.26 Å². The molecule has 3 rings (SSSR count). The molecular formula is C18H16F2N4O2. The van der Waals surface area contributed by atoms with E-state index in [0.717, 1.165) is 18.9 Å². The Morgan fingerprint density at radius 2 is 2.12 bits per heavy atom. The minimum atomic E-state index is -0.949. The molecule has 0 aliphatic heterocycles. The molecule has 134 valence electrons. The first-order valence-corrected chi connectivity index (χ1v) is 8.04. The molecule has 26 heavy (non-hydrogen) atoms. The minimum Gasteiger partial charge on any atom is -0.337 e. The number of amides is 1. The Balaban J connectivity index is 1.87. The highest BCUT2D eigenvalue weighted by Crippen LogP contribution is 2.28. The van der Waals surface area contributed by atoms with E-state index in [1.807, 2.05) is 0 Å². The summed E-state index contributed by atoms with van der Waals surface area (Å²) < 4.78 is 28.0. The van der Waals surface area contributed by atoms with Gasteiger partial charge in [-0.25, -0.2) is 19.2 Å². The van der Waals surface area contributed by atoms with E-state index in [1.165, 1.54) is 12.1 Å². The summed E-state index contributed by atoms with van der Waals surface area (Å²) in [4.78, 5) is 21.2. The van der Waals surface area contributed by atoms with E-state index in [0.29, 0.717) is 18.1 Å². The van der Waals surface area contributed by atoms with Crippen LogP contribution in [0.3, 0.4) is 0 Å². The lowest BCUT2D eigenvalue weighted by molar-refractivity contribution is 0.0270. The maximum absolute atomic E-state index is 14.1. The van der Waals surface area contributed by atoms with E-state index in [1.54, 1.807) is 19.1 Å². The highest BCUT2D eigenvalue weighted by Gasteiger charge is 2.23. The maximum atomic E-state index is 14.1. The van der Waals surface area contributed by atoms with Crippen molar-refractivity contribution in [2.75, 3.05) is 11.9 Å². The van der Waals surface area contributed by atoms with Crippen molar-refractivity contribution in [2.45, 2.75) is 19.8 Å². The fraction of sp³-hybridized carbons (Fsp3) is 0.278. The van der Waals surface area contributed by atoms with Crippen molar-refractivity contribution in [1.82, 2.24) is 10.5 Å². The highest BCUT2D eigenvalue weighted by atomic mass is 19.1. The van der Waals surface area contributed by atoms with Crippen molar-refractivity contribution in [1.29, 1.82) is 5.26 Å². The molecular weight excluding hydrogens is 342 g/mol. The van der Waals surface area contributed by atoms with Crippen molar-refractivity contribution in [3.63, 3.8) is 0 Å². The summed E-state index contributed by atoms with van der Waals surface area (Å²) in [5, 5.41) is 11.6. The summed E-state index contributed by atoms with van der Waals surface area (Å²) in [6.07, 6.45) is 2.09. The normalized spacial score (nSPS) is 13.2. The molecule has 0 unspecified atom stereocenters. The van der Waals surface area contributed by atoms with Crippen LogP contribution >= 0.6 is 0 Å². The maximum Gasteiger partial charge on any atom is 0.278 e. The number of hydrogen-bond donors (Lipinski definition) is 2. The van der Waals surface area contributed by atoms with Crippen molar-refractivity contribution in [3.05, 3.63) is 52.7 Å². The zero-order valence-corrected chi connectivity index (χ0v) is 14.0. The van der Waals surface area contributed by atoms with Gasteiger partial charge in [-0.1, -0.05) is 6.07 Å². The van der Waals surface area contributed by atoms with Gasteiger partial charge >= 0.3 is 0 Å². The number of hydrogen-bond acceptors (Lipinski definition) is 5. The number of carbonyl (C=O) groups excluding carboxylic acids is 1. The number of aromatic nitrogens is 1. The van der Waals surface area contributed by atoms with Crippen LogP contribution in [0.2, 0.25) is 0 Å². The summed E-state index contributed by atoms with van der Waals surface area (Å²) >= 11 is 0. The molecule has 1 aromatic carbocycles. The minimum absolute atomic E-state index is 0.0477. The number of anilines is 2. The Kier molecular flexibility index (Phi) is 5.09. The van der Waals surface area contributed by atoms with Crippen molar-refractivity contribution in [2.24, 2.45) is 5.92 Å². The van der Waals surface area contributed by atoms with Gasteiger partial charge in [-0.05, 0) is 49.4 Å². The second-order valence-corrected chi connectivity index (χ2v) is 6.12. The predicted molar refractivity (Wildman–Crippen MR) is 89.5 cm³/mol. The molecule has 2 aromatic rings. The molecule has 0 spiro atoms. The molecule has 1 aliphatic rings. The van der Waals surface area contributed by atoms with Crippen LogP contribution in [0.15, 0.2) is 24.3 Å². The monoisotopic (exact) mass is 358 g/mol. The largest absolute Gasteiger partial charge is 0.337 e. The van der Waals surface area contributed by atoms with Crippen LogP contribution in [0.5, 0.6) is 0 Å². The summed E-state index contributed by atoms with van der Waals surface area (Å²) in [5.74, 6) is -1.97. The SMILES string of the molecule is Cc1ccc(Nc2nc(C#N)c(F)cc2C(=O)NOCC2CC2)c(F)c1. The van der Waals surface area contributed by atoms with Gasteiger partial charge in [-0.3, -0.25) is 9.63 Å². The lowest BCUT2D eigenvalue weighted by Gasteiger charge is -2.13. The molecule has 0 bridgehead atoms. The molecule has 1 fully saturated rings. The van der Waals surface area contributed by atoms with Gasteiger partial charge in [0.15, 0.2) is 11.5 Å². The van der Waals surface area contributed by atoms with E-state index in [4.69, 9.17) is 10.1 Å². The molecule has 1 saturated carbocycles. The zero-order valence-electron chi connectivity index (χ0n) is 14.0. The topological polar surface area (TPSA) is 87.0 Å². The number of benzene rings is 1. The Morgan fingerprint density at radius 3 is 2.77 bits per heavy atom. The first-order chi connectivity index (χ1) is 12.5. The van der Waals surface area contributed by atoms with Crippen molar-refractivity contribution < 1.29 is 18.4 Å². The smallest absolute Gasteiger partial charge is 0.278 e.